The van der Waals surface area contributed by atoms with E-state index in [4.69, 9.17) is 23.2 Å². The van der Waals surface area contributed by atoms with E-state index in [2.05, 4.69) is 15.5 Å². The van der Waals surface area contributed by atoms with Crippen molar-refractivity contribution >= 4 is 40.5 Å². The Balaban J connectivity index is 2.16. The topological polar surface area (TPSA) is 44.4 Å². The first kappa shape index (κ1) is 13.5. The van der Waals surface area contributed by atoms with E-state index in [0.717, 1.165) is 31.9 Å². The second-order valence-corrected chi connectivity index (χ2v) is 4.76. The summed E-state index contributed by atoms with van der Waals surface area (Å²) in [4.78, 5) is 13.5. The summed E-state index contributed by atoms with van der Waals surface area (Å²) in [6.07, 6.45) is 0. The lowest BCUT2D eigenvalue weighted by Gasteiger charge is -2.29. The predicted octanol–water partition coefficient (Wildman–Crippen LogP) is 1.93. The minimum absolute atomic E-state index is 0.0752. The normalized spacial score (nSPS) is 15.6. The van der Waals surface area contributed by atoms with Crippen LogP contribution in [-0.2, 0) is 4.79 Å². The quantitative estimate of drug-likeness (QED) is 0.835. The molecule has 0 unspecified atom stereocenters. The van der Waals surface area contributed by atoms with Crippen molar-refractivity contribution in [2.75, 3.05) is 42.3 Å². The number of piperazine rings is 1. The van der Waals surface area contributed by atoms with Crippen LogP contribution in [0, 0.1) is 0 Å². The number of hydrogen-bond acceptors (Lipinski definition) is 3. The average Bonchev–Trinajstić information content (AvgIpc) is 2.42. The van der Waals surface area contributed by atoms with E-state index in [-0.39, 0.29) is 11.8 Å². The Bertz CT molecular complexity index is 433. The molecule has 4 nitrogen and oxygen atoms in total. The second-order valence-electron chi connectivity index (χ2n) is 4.08. The summed E-state index contributed by atoms with van der Waals surface area (Å²) in [5.41, 5.74) is 1.67. The highest BCUT2D eigenvalue weighted by Gasteiger charge is 2.12. The first-order valence-electron chi connectivity index (χ1n) is 5.82. The smallest absolute Gasteiger partial charge is 0.239 e. The maximum Gasteiger partial charge on any atom is 0.239 e. The van der Waals surface area contributed by atoms with Crippen molar-refractivity contribution in [2.24, 2.45) is 0 Å². The molecule has 0 radical (unpaired) electrons. The summed E-state index contributed by atoms with van der Waals surface area (Å²) in [6.45, 7) is 3.83. The van der Waals surface area contributed by atoms with Crippen molar-refractivity contribution in [2.45, 2.75) is 0 Å². The number of alkyl halides is 1. The van der Waals surface area contributed by atoms with Gasteiger partial charge in [0.1, 0.15) is 5.88 Å². The zero-order chi connectivity index (χ0) is 13.0. The van der Waals surface area contributed by atoms with E-state index in [9.17, 15) is 4.79 Å². The number of nitrogens with one attached hydrogen (secondary N) is 2. The molecule has 0 atom stereocenters. The standard InChI is InChI=1S/C12H15Cl2N3O/c13-8-12(18)16-11-7-9(1-2-10(11)14)17-5-3-15-4-6-17/h1-2,7,15H,3-6,8H2,(H,16,18). The minimum atomic E-state index is -0.254. The van der Waals surface area contributed by atoms with Crippen LogP contribution in [0.5, 0.6) is 0 Å². The van der Waals surface area contributed by atoms with Gasteiger partial charge in [-0.05, 0) is 18.2 Å². The zero-order valence-corrected chi connectivity index (χ0v) is 11.4. The molecule has 1 aliphatic rings. The van der Waals surface area contributed by atoms with E-state index in [1.54, 1.807) is 6.07 Å². The lowest BCUT2D eigenvalue weighted by atomic mass is 10.2. The van der Waals surface area contributed by atoms with Crippen LogP contribution in [-0.4, -0.2) is 38.0 Å². The maximum atomic E-state index is 11.3. The van der Waals surface area contributed by atoms with Gasteiger partial charge < -0.3 is 15.5 Å². The molecule has 18 heavy (non-hydrogen) atoms. The van der Waals surface area contributed by atoms with E-state index in [1.165, 1.54) is 0 Å². The fourth-order valence-electron chi connectivity index (χ4n) is 1.91. The summed E-state index contributed by atoms with van der Waals surface area (Å²) >= 11 is 11.5. The number of hydrogen-bond donors (Lipinski definition) is 2. The molecule has 2 N–H and O–H groups in total. The molecule has 0 aliphatic carbocycles. The van der Waals surface area contributed by atoms with Crippen LogP contribution in [0.4, 0.5) is 11.4 Å². The number of carbonyl (C=O) groups excluding carboxylic acids is 1. The summed E-state index contributed by atoms with van der Waals surface area (Å²) in [6, 6.07) is 5.64. The Morgan fingerprint density at radius 3 is 2.78 bits per heavy atom. The highest BCUT2D eigenvalue weighted by Crippen LogP contribution is 2.27. The lowest BCUT2D eigenvalue weighted by Crippen LogP contribution is -2.43. The lowest BCUT2D eigenvalue weighted by molar-refractivity contribution is -0.113. The number of anilines is 2. The Morgan fingerprint density at radius 2 is 2.11 bits per heavy atom. The van der Waals surface area contributed by atoms with Crippen LogP contribution < -0.4 is 15.5 Å². The minimum Gasteiger partial charge on any atom is -0.369 e. The van der Waals surface area contributed by atoms with Gasteiger partial charge in [-0.2, -0.15) is 0 Å². The van der Waals surface area contributed by atoms with E-state index in [0.29, 0.717) is 10.7 Å². The number of carbonyl (C=O) groups is 1. The van der Waals surface area contributed by atoms with Gasteiger partial charge in [-0.15, -0.1) is 11.6 Å². The molecule has 98 valence electrons. The van der Waals surface area contributed by atoms with Crippen molar-refractivity contribution in [1.82, 2.24) is 5.32 Å². The zero-order valence-electron chi connectivity index (χ0n) is 9.88. The molecular formula is C12H15Cl2N3O. The molecule has 1 aliphatic heterocycles. The second kappa shape index (κ2) is 6.27. The third kappa shape index (κ3) is 3.28. The first-order valence-corrected chi connectivity index (χ1v) is 6.73. The van der Waals surface area contributed by atoms with Gasteiger partial charge in [0.05, 0.1) is 10.7 Å². The van der Waals surface area contributed by atoms with Gasteiger partial charge in [0, 0.05) is 31.9 Å². The van der Waals surface area contributed by atoms with Gasteiger partial charge in [0.2, 0.25) is 5.91 Å². The van der Waals surface area contributed by atoms with Gasteiger partial charge in [0.25, 0.3) is 0 Å². The fraction of sp³-hybridized carbons (Fsp3) is 0.417. The Kier molecular flexibility index (Phi) is 4.69. The monoisotopic (exact) mass is 287 g/mol. The predicted molar refractivity (Wildman–Crippen MR) is 75.9 cm³/mol. The van der Waals surface area contributed by atoms with Crippen LogP contribution in [0.25, 0.3) is 0 Å². The Labute approximate surface area is 116 Å². The van der Waals surface area contributed by atoms with Crippen LogP contribution in [0.15, 0.2) is 18.2 Å². The maximum absolute atomic E-state index is 11.3. The molecular weight excluding hydrogens is 273 g/mol. The molecule has 0 spiro atoms. The molecule has 0 saturated carbocycles. The third-order valence-electron chi connectivity index (χ3n) is 2.83. The van der Waals surface area contributed by atoms with Gasteiger partial charge in [-0.3, -0.25) is 4.79 Å². The van der Waals surface area contributed by atoms with Gasteiger partial charge in [-0.1, -0.05) is 11.6 Å². The summed E-state index contributed by atoms with van der Waals surface area (Å²) in [7, 11) is 0. The fourth-order valence-corrected chi connectivity index (χ4v) is 2.14. The molecule has 6 heteroatoms. The first-order chi connectivity index (χ1) is 8.70. The molecule has 2 rings (SSSR count). The Hall–Kier alpha value is -0.970. The van der Waals surface area contributed by atoms with Crippen molar-refractivity contribution < 1.29 is 4.79 Å². The van der Waals surface area contributed by atoms with Crippen LogP contribution in [0.2, 0.25) is 5.02 Å². The van der Waals surface area contributed by atoms with Gasteiger partial charge in [-0.25, -0.2) is 0 Å². The van der Waals surface area contributed by atoms with Crippen molar-refractivity contribution in [3.05, 3.63) is 23.2 Å². The van der Waals surface area contributed by atoms with E-state index in [1.807, 2.05) is 12.1 Å². The molecule has 1 amide bonds. The van der Waals surface area contributed by atoms with Crippen LogP contribution in [0.3, 0.4) is 0 Å². The molecule has 1 aromatic rings. The summed E-state index contributed by atoms with van der Waals surface area (Å²) < 4.78 is 0. The number of nitrogens with zero attached hydrogens (tertiary/aromatic N) is 1. The highest BCUT2D eigenvalue weighted by atomic mass is 35.5. The molecule has 0 aromatic heterocycles. The van der Waals surface area contributed by atoms with Crippen molar-refractivity contribution in [1.29, 1.82) is 0 Å². The molecule has 1 saturated heterocycles. The third-order valence-corrected chi connectivity index (χ3v) is 3.40. The summed E-state index contributed by atoms with van der Waals surface area (Å²) in [5, 5.41) is 6.51. The Morgan fingerprint density at radius 1 is 1.39 bits per heavy atom. The van der Waals surface area contributed by atoms with E-state index >= 15 is 0 Å². The van der Waals surface area contributed by atoms with Crippen molar-refractivity contribution in [3.8, 4) is 0 Å². The highest BCUT2D eigenvalue weighted by molar-refractivity contribution is 6.34. The van der Waals surface area contributed by atoms with Gasteiger partial charge in [0.15, 0.2) is 0 Å². The largest absolute Gasteiger partial charge is 0.369 e. The van der Waals surface area contributed by atoms with Crippen LogP contribution >= 0.6 is 23.2 Å². The number of amides is 1. The molecule has 1 heterocycles. The molecule has 1 fully saturated rings. The molecule has 0 bridgehead atoms. The SMILES string of the molecule is O=C(CCl)Nc1cc(N2CCNCC2)ccc1Cl. The number of rotatable bonds is 3. The van der Waals surface area contributed by atoms with E-state index < -0.39 is 0 Å². The van der Waals surface area contributed by atoms with Crippen LogP contribution in [0.1, 0.15) is 0 Å². The molecule has 1 aromatic carbocycles. The van der Waals surface area contributed by atoms with Crippen molar-refractivity contribution in [3.63, 3.8) is 0 Å². The summed E-state index contributed by atoms with van der Waals surface area (Å²) in [5.74, 6) is -0.329. The van der Waals surface area contributed by atoms with Gasteiger partial charge >= 0.3 is 0 Å². The number of halogens is 2. The average molecular weight is 288 g/mol. The number of benzene rings is 1.